The van der Waals surface area contributed by atoms with Gasteiger partial charge in [-0.1, -0.05) is 91.0 Å². The molecule has 1 saturated heterocycles. The van der Waals surface area contributed by atoms with E-state index in [-0.39, 0.29) is 16.9 Å². The van der Waals surface area contributed by atoms with Crippen LogP contribution in [0.25, 0.3) is 0 Å². The summed E-state index contributed by atoms with van der Waals surface area (Å²) in [5, 5.41) is 21.6. The number of benzene rings is 3. The predicted molar refractivity (Wildman–Crippen MR) is 137 cm³/mol. The van der Waals surface area contributed by atoms with Gasteiger partial charge in [-0.25, -0.2) is 0 Å². The lowest BCUT2D eigenvalue weighted by Gasteiger charge is -2.37. The number of nitrogens with one attached hydrogen (secondary N) is 1. The van der Waals surface area contributed by atoms with Gasteiger partial charge in [0, 0.05) is 12.3 Å². The largest absolute Gasteiger partial charge is 0.387 e. The number of ether oxygens (including phenoxy) is 2. The number of nitrogens with zero attached hydrogens (tertiary/aromatic N) is 1. The second-order valence-corrected chi connectivity index (χ2v) is 9.04. The smallest absolute Gasteiger partial charge is 0.251 e. The van der Waals surface area contributed by atoms with E-state index in [4.69, 9.17) is 21.7 Å². The van der Waals surface area contributed by atoms with E-state index in [1.807, 2.05) is 91.0 Å². The van der Waals surface area contributed by atoms with Crippen molar-refractivity contribution in [3.63, 3.8) is 0 Å². The van der Waals surface area contributed by atoms with E-state index in [9.17, 15) is 15.0 Å². The fraction of sp³-hybridized carbons (Fsp3) is 0.214. The normalized spacial score (nSPS) is 21.9. The van der Waals surface area contributed by atoms with Gasteiger partial charge in [-0.15, -0.1) is 0 Å². The minimum atomic E-state index is -1.27. The molecule has 1 fully saturated rings. The lowest BCUT2D eigenvalue weighted by Crippen LogP contribution is -2.39. The van der Waals surface area contributed by atoms with Crippen LogP contribution in [0.3, 0.4) is 0 Å². The maximum Gasteiger partial charge on any atom is 0.251 e. The van der Waals surface area contributed by atoms with Crippen molar-refractivity contribution in [1.82, 2.24) is 9.55 Å². The van der Waals surface area contributed by atoms with Gasteiger partial charge >= 0.3 is 0 Å². The first-order valence-electron chi connectivity index (χ1n) is 11.6. The summed E-state index contributed by atoms with van der Waals surface area (Å²) in [6.07, 6.45) is -2.89. The molecule has 4 atom stereocenters. The molecule has 0 aliphatic carbocycles. The standard InChI is InChI=1S/C28H26N2O5S/c31-23-16-17-30(27(36)29-23)26-25(33)24(32)22(35-26)18-34-28(19-10-4-1-5-11-19,20-12-6-2-7-13-20)21-14-8-3-9-15-21/h1-17,22,24-26,32-33H,18H2,(H,29,31,36)/t22-,24-,25-,26-/m1/s1. The number of aliphatic hydroxyl groups is 2. The van der Waals surface area contributed by atoms with Crippen molar-refractivity contribution >= 4 is 12.2 Å². The minimum absolute atomic E-state index is 0.0237. The Labute approximate surface area is 213 Å². The summed E-state index contributed by atoms with van der Waals surface area (Å²) in [7, 11) is 0. The van der Waals surface area contributed by atoms with Crippen LogP contribution >= 0.6 is 12.2 Å². The topological polar surface area (TPSA) is 96.7 Å². The van der Waals surface area contributed by atoms with E-state index >= 15 is 0 Å². The summed E-state index contributed by atoms with van der Waals surface area (Å²) in [4.78, 5) is 14.1. The van der Waals surface area contributed by atoms with Crippen molar-refractivity contribution in [3.8, 4) is 0 Å². The maximum absolute atomic E-state index is 11.6. The molecule has 8 heteroatoms. The number of aliphatic hydroxyl groups excluding tert-OH is 2. The van der Waals surface area contributed by atoms with E-state index in [1.165, 1.54) is 16.8 Å². The number of rotatable bonds is 7. The van der Waals surface area contributed by atoms with Crippen LogP contribution in [0.2, 0.25) is 0 Å². The van der Waals surface area contributed by atoms with Gasteiger partial charge in [0.05, 0.1) is 6.61 Å². The van der Waals surface area contributed by atoms with Gasteiger partial charge in [0.2, 0.25) is 0 Å². The third-order valence-electron chi connectivity index (χ3n) is 6.47. The first kappa shape index (κ1) is 24.3. The summed E-state index contributed by atoms with van der Waals surface area (Å²) < 4.78 is 14.3. The molecule has 2 heterocycles. The highest BCUT2D eigenvalue weighted by Gasteiger charge is 2.46. The maximum atomic E-state index is 11.6. The van der Waals surface area contributed by atoms with Crippen LogP contribution in [0.15, 0.2) is 108 Å². The summed E-state index contributed by atoms with van der Waals surface area (Å²) in [6, 6.07) is 30.9. The highest BCUT2D eigenvalue weighted by atomic mass is 32.1. The van der Waals surface area contributed by atoms with Crippen molar-refractivity contribution < 1.29 is 19.7 Å². The molecule has 7 nitrogen and oxygen atoms in total. The van der Waals surface area contributed by atoms with Crippen LogP contribution in [0.4, 0.5) is 0 Å². The molecule has 0 spiro atoms. The summed E-state index contributed by atoms with van der Waals surface area (Å²) in [5.41, 5.74) is 1.38. The fourth-order valence-electron chi connectivity index (χ4n) is 4.70. The first-order chi connectivity index (χ1) is 17.5. The predicted octanol–water partition coefficient (Wildman–Crippen LogP) is 3.53. The molecule has 0 radical (unpaired) electrons. The van der Waals surface area contributed by atoms with Gasteiger partial charge in [0.25, 0.3) is 5.56 Å². The summed E-state index contributed by atoms with van der Waals surface area (Å²) in [6.45, 7) is -0.0237. The second kappa shape index (κ2) is 10.3. The molecule has 0 amide bonds. The Kier molecular flexibility index (Phi) is 6.95. The van der Waals surface area contributed by atoms with E-state index in [1.54, 1.807) is 0 Å². The second-order valence-electron chi connectivity index (χ2n) is 8.65. The Morgan fingerprint density at radius 3 is 1.81 bits per heavy atom. The Morgan fingerprint density at radius 1 is 0.833 bits per heavy atom. The molecule has 3 aromatic carbocycles. The molecule has 0 saturated carbocycles. The molecule has 5 rings (SSSR count). The zero-order chi connectivity index (χ0) is 25.1. The fourth-order valence-corrected chi connectivity index (χ4v) is 4.97. The Bertz CT molecular complexity index is 1310. The zero-order valence-electron chi connectivity index (χ0n) is 19.3. The van der Waals surface area contributed by atoms with E-state index in [0.717, 1.165) is 16.7 Å². The van der Waals surface area contributed by atoms with Crippen molar-refractivity contribution in [3.05, 3.63) is 135 Å². The monoisotopic (exact) mass is 502 g/mol. The molecule has 3 N–H and O–H groups in total. The molecule has 4 aromatic rings. The molecule has 1 aliphatic heterocycles. The average Bonchev–Trinajstić information content (AvgIpc) is 3.19. The quantitative estimate of drug-likeness (QED) is 0.264. The van der Waals surface area contributed by atoms with E-state index < -0.39 is 30.1 Å². The number of aromatic nitrogens is 2. The van der Waals surface area contributed by atoms with Crippen LogP contribution in [0.5, 0.6) is 0 Å². The molecule has 0 unspecified atom stereocenters. The lowest BCUT2D eigenvalue weighted by molar-refractivity contribution is -0.0954. The lowest BCUT2D eigenvalue weighted by atomic mass is 9.80. The van der Waals surface area contributed by atoms with Crippen molar-refractivity contribution in [1.29, 1.82) is 0 Å². The highest BCUT2D eigenvalue weighted by molar-refractivity contribution is 7.71. The van der Waals surface area contributed by atoms with Crippen molar-refractivity contribution in [2.75, 3.05) is 6.61 Å². The van der Waals surface area contributed by atoms with Gasteiger partial charge in [-0.2, -0.15) is 0 Å². The third kappa shape index (κ3) is 4.45. The average molecular weight is 503 g/mol. The van der Waals surface area contributed by atoms with Gasteiger partial charge in [0.15, 0.2) is 11.0 Å². The first-order valence-corrected chi connectivity index (χ1v) is 12.0. The van der Waals surface area contributed by atoms with Crippen LogP contribution in [-0.2, 0) is 15.1 Å². The number of H-pyrrole nitrogens is 1. The van der Waals surface area contributed by atoms with E-state index in [0.29, 0.717) is 0 Å². The van der Waals surface area contributed by atoms with Crippen LogP contribution in [0, 0.1) is 4.77 Å². The van der Waals surface area contributed by atoms with Gasteiger partial charge in [0.1, 0.15) is 23.9 Å². The van der Waals surface area contributed by atoms with Crippen molar-refractivity contribution in [2.24, 2.45) is 0 Å². The zero-order valence-corrected chi connectivity index (χ0v) is 20.1. The highest BCUT2D eigenvalue weighted by Crippen LogP contribution is 2.41. The summed E-state index contributed by atoms with van der Waals surface area (Å²) >= 11 is 5.23. The van der Waals surface area contributed by atoms with Crippen molar-refractivity contribution in [2.45, 2.75) is 30.1 Å². The Hall–Kier alpha value is -3.40. The summed E-state index contributed by atoms with van der Waals surface area (Å²) in [5.74, 6) is 0. The van der Waals surface area contributed by atoms with Gasteiger partial charge in [-0.3, -0.25) is 14.3 Å². The number of hydrogen-bond donors (Lipinski definition) is 3. The molecule has 36 heavy (non-hydrogen) atoms. The molecule has 1 aliphatic rings. The van der Waals surface area contributed by atoms with Crippen LogP contribution < -0.4 is 5.56 Å². The number of aromatic amines is 1. The third-order valence-corrected chi connectivity index (χ3v) is 6.78. The molecular formula is C28H26N2O5S. The molecule has 1 aromatic heterocycles. The van der Waals surface area contributed by atoms with Gasteiger partial charge in [-0.05, 0) is 28.9 Å². The SMILES string of the molecule is O=c1ccn([C@@H]2O[C@H](COC(c3ccccc3)(c3ccccc3)c3ccccc3)[C@@H](O)[C@H]2O)c(=S)[nH]1. The number of hydrogen-bond acceptors (Lipinski definition) is 6. The van der Waals surface area contributed by atoms with Gasteiger partial charge < -0.3 is 19.7 Å². The Balaban J connectivity index is 1.52. The minimum Gasteiger partial charge on any atom is -0.387 e. The van der Waals surface area contributed by atoms with Crippen LogP contribution in [0.1, 0.15) is 22.9 Å². The molecule has 184 valence electrons. The van der Waals surface area contributed by atoms with Crippen LogP contribution in [-0.4, -0.2) is 44.7 Å². The van der Waals surface area contributed by atoms with E-state index in [2.05, 4.69) is 4.98 Å². The molecule has 0 bridgehead atoms. The Morgan fingerprint density at radius 2 is 1.33 bits per heavy atom. The molecular weight excluding hydrogens is 476 g/mol.